The van der Waals surface area contributed by atoms with E-state index in [1.54, 1.807) is 0 Å². The van der Waals surface area contributed by atoms with Crippen LogP contribution in [0.15, 0.2) is 18.3 Å². The summed E-state index contributed by atoms with van der Waals surface area (Å²) in [5.41, 5.74) is -1.69. The number of rotatable bonds is 2. The molecular formula is C11H10F3NO2. The lowest BCUT2D eigenvalue weighted by atomic mass is 10.0. The number of esters is 1. The van der Waals surface area contributed by atoms with Crippen molar-refractivity contribution in [2.24, 2.45) is 0 Å². The van der Waals surface area contributed by atoms with Gasteiger partial charge in [0.15, 0.2) is 0 Å². The first-order valence-electron chi connectivity index (χ1n) is 5.02. The van der Waals surface area contributed by atoms with Gasteiger partial charge in [-0.2, -0.15) is 13.2 Å². The second-order valence-electron chi connectivity index (χ2n) is 4.00. The topological polar surface area (TPSA) is 39.2 Å². The minimum atomic E-state index is -4.28. The smallest absolute Gasteiger partial charge is 0.399 e. The Morgan fingerprint density at radius 2 is 2.06 bits per heavy atom. The average molecular weight is 245 g/mol. The highest BCUT2D eigenvalue weighted by Gasteiger charge is 2.65. The van der Waals surface area contributed by atoms with E-state index in [2.05, 4.69) is 9.72 Å². The SMILES string of the molecule is COC(=O)c1ccc(C2(C(F)(F)F)CC2)nc1. The van der Waals surface area contributed by atoms with Crippen LogP contribution in [0, 0.1) is 0 Å². The van der Waals surface area contributed by atoms with Gasteiger partial charge in [0.1, 0.15) is 5.41 Å². The molecule has 3 nitrogen and oxygen atoms in total. The summed E-state index contributed by atoms with van der Waals surface area (Å²) in [4.78, 5) is 14.8. The minimum absolute atomic E-state index is 0.0300. The summed E-state index contributed by atoms with van der Waals surface area (Å²) < 4.78 is 42.8. The first kappa shape index (κ1) is 11.9. The molecule has 0 aliphatic heterocycles. The lowest BCUT2D eigenvalue weighted by molar-refractivity contribution is -0.161. The maximum atomic E-state index is 12.8. The van der Waals surface area contributed by atoms with E-state index >= 15 is 0 Å². The van der Waals surface area contributed by atoms with Crippen molar-refractivity contribution < 1.29 is 22.7 Å². The predicted octanol–water partition coefficient (Wildman–Crippen LogP) is 2.46. The Morgan fingerprint density at radius 1 is 1.41 bits per heavy atom. The van der Waals surface area contributed by atoms with Crippen LogP contribution in [0.25, 0.3) is 0 Å². The summed E-state index contributed by atoms with van der Waals surface area (Å²) in [5, 5.41) is 0. The molecule has 0 saturated heterocycles. The molecule has 0 amide bonds. The summed E-state index contributed by atoms with van der Waals surface area (Å²) in [7, 11) is 1.20. The molecule has 0 spiro atoms. The van der Waals surface area contributed by atoms with Gasteiger partial charge in [0.25, 0.3) is 0 Å². The number of pyridine rings is 1. The zero-order valence-electron chi connectivity index (χ0n) is 9.04. The largest absolute Gasteiger partial charge is 0.465 e. The standard InChI is InChI=1S/C11H10F3NO2/c1-17-9(16)7-2-3-8(15-6-7)10(4-5-10)11(12,13)14/h2-3,6H,4-5H2,1H3. The third-order valence-electron chi connectivity index (χ3n) is 2.97. The molecule has 6 heteroatoms. The quantitative estimate of drug-likeness (QED) is 0.751. The molecule has 1 fully saturated rings. The number of aromatic nitrogens is 1. The van der Waals surface area contributed by atoms with Crippen molar-refractivity contribution in [2.45, 2.75) is 24.4 Å². The van der Waals surface area contributed by atoms with Crippen molar-refractivity contribution in [3.8, 4) is 0 Å². The highest BCUT2D eigenvalue weighted by Crippen LogP contribution is 2.58. The minimum Gasteiger partial charge on any atom is -0.465 e. The Bertz CT molecular complexity index is 435. The van der Waals surface area contributed by atoms with Crippen LogP contribution in [0.3, 0.4) is 0 Å². The maximum absolute atomic E-state index is 12.8. The average Bonchev–Trinajstić information content (AvgIpc) is 3.08. The molecule has 1 aliphatic carbocycles. The van der Waals surface area contributed by atoms with Crippen molar-refractivity contribution in [3.05, 3.63) is 29.6 Å². The van der Waals surface area contributed by atoms with Crippen molar-refractivity contribution in [3.63, 3.8) is 0 Å². The predicted molar refractivity (Wildman–Crippen MR) is 52.5 cm³/mol. The van der Waals surface area contributed by atoms with E-state index in [1.807, 2.05) is 0 Å². The summed E-state index contributed by atoms with van der Waals surface area (Å²) in [5.74, 6) is -0.610. The molecule has 1 heterocycles. The van der Waals surface area contributed by atoms with E-state index in [9.17, 15) is 18.0 Å². The highest BCUT2D eigenvalue weighted by atomic mass is 19.4. The van der Waals surface area contributed by atoms with E-state index < -0.39 is 17.6 Å². The van der Waals surface area contributed by atoms with Gasteiger partial charge in [-0.1, -0.05) is 0 Å². The van der Waals surface area contributed by atoms with Crippen LogP contribution >= 0.6 is 0 Å². The van der Waals surface area contributed by atoms with E-state index in [4.69, 9.17) is 0 Å². The Balaban J connectivity index is 2.28. The van der Waals surface area contributed by atoms with Crippen molar-refractivity contribution in [2.75, 3.05) is 7.11 Å². The molecule has 0 atom stereocenters. The molecule has 1 aliphatic rings. The van der Waals surface area contributed by atoms with Crippen molar-refractivity contribution >= 4 is 5.97 Å². The summed E-state index contributed by atoms with van der Waals surface area (Å²) >= 11 is 0. The van der Waals surface area contributed by atoms with Crippen LogP contribution in [0.4, 0.5) is 13.2 Å². The number of carbonyl (C=O) groups is 1. The number of hydrogen-bond acceptors (Lipinski definition) is 3. The third-order valence-corrected chi connectivity index (χ3v) is 2.97. The molecule has 0 N–H and O–H groups in total. The Kier molecular flexibility index (Phi) is 2.60. The summed E-state index contributed by atoms with van der Waals surface area (Å²) in [6.07, 6.45) is -3.05. The Morgan fingerprint density at radius 3 is 2.41 bits per heavy atom. The molecule has 0 bridgehead atoms. The first-order chi connectivity index (χ1) is 7.90. The van der Waals surface area contributed by atoms with Gasteiger partial charge in [0.2, 0.25) is 0 Å². The number of alkyl halides is 3. The van der Waals surface area contributed by atoms with Gasteiger partial charge in [0.05, 0.1) is 18.4 Å². The Hall–Kier alpha value is -1.59. The fourth-order valence-corrected chi connectivity index (χ4v) is 1.73. The number of halogens is 3. The van der Waals surface area contributed by atoms with E-state index in [0.29, 0.717) is 0 Å². The second kappa shape index (κ2) is 3.72. The third kappa shape index (κ3) is 1.87. The number of hydrogen-bond donors (Lipinski definition) is 0. The lowest BCUT2D eigenvalue weighted by Gasteiger charge is -2.18. The summed E-state index contributed by atoms with van der Waals surface area (Å²) in [6, 6.07) is 2.55. The number of methoxy groups -OCH3 is 1. The van der Waals surface area contributed by atoms with Gasteiger partial charge in [-0.15, -0.1) is 0 Å². The van der Waals surface area contributed by atoms with Crippen LogP contribution in [0.1, 0.15) is 28.9 Å². The highest BCUT2D eigenvalue weighted by molar-refractivity contribution is 5.88. The molecule has 1 saturated carbocycles. The van der Waals surface area contributed by atoms with Crippen molar-refractivity contribution in [1.29, 1.82) is 0 Å². The molecule has 17 heavy (non-hydrogen) atoms. The van der Waals surface area contributed by atoms with Crippen LogP contribution in [0.5, 0.6) is 0 Å². The fourth-order valence-electron chi connectivity index (χ4n) is 1.73. The first-order valence-corrected chi connectivity index (χ1v) is 5.02. The Labute approximate surface area is 95.6 Å². The van der Waals surface area contributed by atoms with Gasteiger partial charge < -0.3 is 4.74 Å². The van der Waals surface area contributed by atoms with Gasteiger partial charge >= 0.3 is 12.1 Å². The van der Waals surface area contributed by atoms with Gasteiger partial charge in [-0.25, -0.2) is 4.79 Å². The molecule has 0 radical (unpaired) electrons. The molecule has 1 aromatic heterocycles. The zero-order valence-corrected chi connectivity index (χ0v) is 9.04. The molecule has 1 aromatic rings. The van der Waals surface area contributed by atoms with Crippen LogP contribution in [0.2, 0.25) is 0 Å². The van der Waals surface area contributed by atoms with E-state index in [0.717, 1.165) is 6.20 Å². The van der Waals surface area contributed by atoms with Crippen molar-refractivity contribution in [1.82, 2.24) is 4.98 Å². The monoisotopic (exact) mass is 245 g/mol. The van der Waals surface area contributed by atoms with Gasteiger partial charge in [0, 0.05) is 6.20 Å². The normalized spacial score (nSPS) is 17.6. The molecule has 0 aromatic carbocycles. The fraction of sp³-hybridized carbons (Fsp3) is 0.455. The number of nitrogens with zero attached hydrogens (tertiary/aromatic N) is 1. The molecule has 2 rings (SSSR count). The number of ether oxygens (including phenoxy) is 1. The number of carbonyl (C=O) groups excluding carboxylic acids is 1. The molecular weight excluding hydrogens is 235 g/mol. The van der Waals surface area contributed by atoms with E-state index in [1.165, 1.54) is 19.2 Å². The van der Waals surface area contributed by atoms with E-state index in [-0.39, 0.29) is 24.1 Å². The van der Waals surface area contributed by atoms with Crippen LogP contribution < -0.4 is 0 Å². The summed E-state index contributed by atoms with van der Waals surface area (Å²) in [6.45, 7) is 0. The van der Waals surface area contributed by atoms with Gasteiger partial charge in [-0.3, -0.25) is 4.98 Å². The second-order valence-corrected chi connectivity index (χ2v) is 4.00. The molecule has 0 unspecified atom stereocenters. The lowest BCUT2D eigenvalue weighted by Crippen LogP contribution is -2.29. The van der Waals surface area contributed by atoms with Crippen LogP contribution in [-0.4, -0.2) is 24.2 Å². The van der Waals surface area contributed by atoms with Gasteiger partial charge in [-0.05, 0) is 25.0 Å². The zero-order chi connectivity index (χ0) is 12.7. The van der Waals surface area contributed by atoms with Crippen LogP contribution in [-0.2, 0) is 10.2 Å². The maximum Gasteiger partial charge on any atom is 0.399 e. The molecule has 92 valence electrons.